The Bertz CT molecular complexity index is 1090. The summed E-state index contributed by atoms with van der Waals surface area (Å²) < 4.78 is 11.5. The fourth-order valence-electron chi connectivity index (χ4n) is 5.17. The van der Waals surface area contributed by atoms with Gasteiger partial charge in [0.25, 0.3) is 0 Å². The first-order chi connectivity index (χ1) is 14.8. The third kappa shape index (κ3) is 3.19. The highest BCUT2D eigenvalue weighted by Gasteiger charge is 2.67. The lowest BCUT2D eigenvalue weighted by molar-refractivity contribution is -0.143. The first-order valence-corrected chi connectivity index (χ1v) is 10.7. The smallest absolute Gasteiger partial charge is 0.230 e. The van der Waals surface area contributed by atoms with E-state index in [1.54, 1.807) is 11.9 Å². The minimum Gasteiger partial charge on any atom is -0.360 e. The van der Waals surface area contributed by atoms with Gasteiger partial charge < -0.3 is 19.1 Å². The topological polar surface area (TPSA) is 75.9 Å². The molecule has 4 atom stereocenters. The first kappa shape index (κ1) is 20.0. The van der Waals surface area contributed by atoms with Gasteiger partial charge in [0.15, 0.2) is 5.76 Å². The second-order valence-corrected chi connectivity index (χ2v) is 9.14. The molecule has 2 fully saturated rings. The fourth-order valence-corrected chi connectivity index (χ4v) is 5.17. The largest absolute Gasteiger partial charge is 0.360 e. The lowest BCUT2D eigenvalue weighted by Gasteiger charge is -2.27. The number of likely N-dealkylation sites (tertiary alicyclic amines) is 1. The molecule has 162 valence electrons. The number of amides is 2. The molecule has 3 aliphatic rings. The second-order valence-electron chi connectivity index (χ2n) is 9.14. The molecule has 2 saturated heterocycles. The van der Waals surface area contributed by atoms with Crippen molar-refractivity contribution in [3.8, 4) is 0 Å². The quantitative estimate of drug-likeness (QED) is 0.694. The number of aromatic nitrogens is 1. The number of carbonyl (C=O) groups excluding carboxylic acids is 2. The highest BCUT2D eigenvalue weighted by molar-refractivity contribution is 5.93. The molecule has 0 radical (unpaired) electrons. The van der Waals surface area contributed by atoms with Crippen LogP contribution in [-0.4, -0.2) is 52.1 Å². The van der Waals surface area contributed by atoms with Gasteiger partial charge in [-0.05, 0) is 37.5 Å². The molecule has 2 bridgehead atoms. The number of ether oxygens (including phenoxy) is 1. The lowest BCUT2D eigenvalue weighted by Crippen LogP contribution is -2.44. The van der Waals surface area contributed by atoms with Gasteiger partial charge >= 0.3 is 0 Å². The molecular formula is C24H27N3O4. The summed E-state index contributed by atoms with van der Waals surface area (Å²) in [5, 5.41) is 3.88. The van der Waals surface area contributed by atoms with Gasteiger partial charge in [0.05, 0.1) is 36.7 Å². The Morgan fingerprint density at radius 1 is 1.26 bits per heavy atom. The Balaban J connectivity index is 1.35. The predicted octanol–water partition coefficient (Wildman–Crippen LogP) is 2.54. The van der Waals surface area contributed by atoms with Gasteiger partial charge in [-0.25, -0.2) is 0 Å². The van der Waals surface area contributed by atoms with Crippen LogP contribution in [-0.2, 0) is 27.4 Å². The van der Waals surface area contributed by atoms with Crippen LogP contribution in [0.3, 0.4) is 0 Å². The molecule has 0 saturated carbocycles. The van der Waals surface area contributed by atoms with Crippen molar-refractivity contribution >= 4 is 11.8 Å². The molecule has 1 spiro atoms. The molecule has 1 aromatic heterocycles. The molecule has 3 aliphatic heterocycles. The van der Waals surface area contributed by atoms with Crippen LogP contribution in [0.2, 0.25) is 0 Å². The van der Waals surface area contributed by atoms with Gasteiger partial charge in [0.2, 0.25) is 11.8 Å². The van der Waals surface area contributed by atoms with Crippen molar-refractivity contribution in [3.63, 3.8) is 0 Å². The summed E-state index contributed by atoms with van der Waals surface area (Å²) in [4.78, 5) is 30.2. The summed E-state index contributed by atoms with van der Waals surface area (Å²) in [7, 11) is 1.73. The highest BCUT2D eigenvalue weighted by Crippen LogP contribution is 2.52. The van der Waals surface area contributed by atoms with Crippen LogP contribution in [0.25, 0.3) is 0 Å². The van der Waals surface area contributed by atoms with Crippen LogP contribution < -0.4 is 0 Å². The number of carbonyl (C=O) groups is 2. The molecular weight excluding hydrogens is 394 g/mol. The van der Waals surface area contributed by atoms with E-state index in [1.807, 2.05) is 30.0 Å². The van der Waals surface area contributed by atoms with Crippen molar-refractivity contribution in [3.05, 3.63) is 64.6 Å². The second kappa shape index (κ2) is 7.05. The zero-order chi connectivity index (χ0) is 21.9. The number of benzene rings is 1. The van der Waals surface area contributed by atoms with Crippen molar-refractivity contribution in [2.75, 3.05) is 13.6 Å². The number of rotatable bonds is 5. The summed E-state index contributed by atoms with van der Waals surface area (Å²) >= 11 is 0. The maximum absolute atomic E-state index is 13.4. The Labute approximate surface area is 181 Å². The first-order valence-electron chi connectivity index (χ1n) is 10.7. The molecule has 7 nitrogen and oxygen atoms in total. The SMILES string of the molecule is Cc1cc(CN(C)C(=O)[C@@H]2[C@@H]3C=C[C@@]4(CN(Cc5ccc(C)c(C)c5)C(=O)[C@H]24)O3)on1. The minimum absolute atomic E-state index is 0.00709. The molecule has 7 heteroatoms. The number of aryl methyl sites for hydroxylation is 3. The van der Waals surface area contributed by atoms with E-state index in [4.69, 9.17) is 9.26 Å². The summed E-state index contributed by atoms with van der Waals surface area (Å²) in [5.41, 5.74) is 3.59. The molecule has 4 heterocycles. The van der Waals surface area contributed by atoms with E-state index in [1.165, 1.54) is 11.1 Å². The van der Waals surface area contributed by atoms with E-state index in [0.717, 1.165) is 11.3 Å². The Kier molecular flexibility index (Phi) is 4.55. The van der Waals surface area contributed by atoms with Crippen molar-refractivity contribution in [2.24, 2.45) is 11.8 Å². The van der Waals surface area contributed by atoms with E-state index in [2.05, 4.69) is 37.2 Å². The van der Waals surface area contributed by atoms with Gasteiger partial charge in [-0.15, -0.1) is 0 Å². The average molecular weight is 421 g/mol. The monoisotopic (exact) mass is 421 g/mol. The highest BCUT2D eigenvalue weighted by atomic mass is 16.5. The number of hydrogen-bond acceptors (Lipinski definition) is 5. The van der Waals surface area contributed by atoms with E-state index < -0.39 is 17.4 Å². The fraction of sp³-hybridized carbons (Fsp3) is 0.458. The Morgan fingerprint density at radius 2 is 2.06 bits per heavy atom. The predicted molar refractivity (Wildman–Crippen MR) is 113 cm³/mol. The van der Waals surface area contributed by atoms with E-state index in [-0.39, 0.29) is 17.9 Å². The summed E-state index contributed by atoms with van der Waals surface area (Å²) in [6.07, 6.45) is 3.58. The van der Waals surface area contributed by atoms with Crippen molar-refractivity contribution in [1.29, 1.82) is 0 Å². The van der Waals surface area contributed by atoms with Gasteiger partial charge in [-0.2, -0.15) is 0 Å². The van der Waals surface area contributed by atoms with Gasteiger partial charge in [0.1, 0.15) is 5.60 Å². The van der Waals surface area contributed by atoms with Crippen LogP contribution >= 0.6 is 0 Å². The summed E-state index contributed by atoms with van der Waals surface area (Å²) in [6, 6.07) is 8.08. The maximum atomic E-state index is 13.4. The van der Waals surface area contributed by atoms with E-state index in [0.29, 0.717) is 25.4 Å². The zero-order valence-electron chi connectivity index (χ0n) is 18.3. The van der Waals surface area contributed by atoms with Crippen molar-refractivity contribution in [2.45, 2.75) is 45.6 Å². The molecule has 2 aromatic rings. The van der Waals surface area contributed by atoms with Gasteiger partial charge in [-0.1, -0.05) is 35.5 Å². The number of nitrogens with zero attached hydrogens (tertiary/aromatic N) is 3. The third-order valence-electron chi connectivity index (χ3n) is 6.85. The van der Waals surface area contributed by atoms with Gasteiger partial charge in [-0.3, -0.25) is 9.59 Å². The molecule has 0 N–H and O–H groups in total. The van der Waals surface area contributed by atoms with Crippen LogP contribution in [0.4, 0.5) is 0 Å². The number of fused-ring (bicyclic) bond motifs is 1. The Morgan fingerprint density at radius 3 is 2.77 bits per heavy atom. The van der Waals surface area contributed by atoms with Crippen LogP contribution in [0, 0.1) is 32.6 Å². The van der Waals surface area contributed by atoms with Crippen LogP contribution in [0.15, 0.2) is 40.9 Å². The average Bonchev–Trinajstić information content (AvgIpc) is 3.46. The minimum atomic E-state index is -0.703. The van der Waals surface area contributed by atoms with Gasteiger partial charge in [0, 0.05) is 19.7 Å². The van der Waals surface area contributed by atoms with Crippen molar-refractivity contribution < 1.29 is 18.8 Å². The molecule has 0 aliphatic carbocycles. The maximum Gasteiger partial charge on any atom is 0.230 e. The van der Waals surface area contributed by atoms with E-state index >= 15 is 0 Å². The summed E-state index contributed by atoms with van der Waals surface area (Å²) in [6.45, 7) is 7.31. The normalized spacial score (nSPS) is 28.5. The summed E-state index contributed by atoms with van der Waals surface area (Å²) in [5.74, 6) is -0.488. The third-order valence-corrected chi connectivity index (χ3v) is 6.85. The molecule has 5 rings (SSSR count). The molecule has 0 unspecified atom stereocenters. The number of hydrogen-bond donors (Lipinski definition) is 0. The standard InChI is InChI=1S/C24H27N3O4/c1-14-5-6-17(9-15(14)2)11-27-13-24-8-7-19(30-24)20(21(24)23(27)29)22(28)26(4)12-18-10-16(3)25-31-18/h5-10,19-21H,11-13H2,1-4H3/t19-,20+,21-,24-/m0/s1. The van der Waals surface area contributed by atoms with Crippen LogP contribution in [0.1, 0.15) is 28.1 Å². The van der Waals surface area contributed by atoms with Crippen molar-refractivity contribution in [1.82, 2.24) is 15.0 Å². The van der Waals surface area contributed by atoms with E-state index in [9.17, 15) is 9.59 Å². The Hall–Kier alpha value is -2.93. The van der Waals surface area contributed by atoms with Crippen LogP contribution in [0.5, 0.6) is 0 Å². The molecule has 31 heavy (non-hydrogen) atoms. The molecule has 1 aromatic carbocycles. The lowest BCUT2D eigenvalue weighted by atomic mass is 9.76. The molecule has 2 amide bonds. The zero-order valence-corrected chi connectivity index (χ0v) is 18.3.